The maximum Gasteiger partial charge on any atom is 0.0575 e. The topological polar surface area (TPSA) is 30.7 Å². The van der Waals surface area contributed by atoms with Crippen molar-refractivity contribution in [3.63, 3.8) is 0 Å². The third kappa shape index (κ3) is 7.80. The molecule has 0 saturated heterocycles. The summed E-state index contributed by atoms with van der Waals surface area (Å²) in [6, 6.07) is 56.0. The minimum atomic E-state index is -0.127. The van der Waals surface area contributed by atoms with Crippen molar-refractivity contribution in [1.82, 2.24) is 14.8 Å². The molecule has 0 bridgehead atoms. The van der Waals surface area contributed by atoms with Crippen LogP contribution in [0.1, 0.15) is 61.2 Å². The van der Waals surface area contributed by atoms with E-state index in [0.717, 1.165) is 22.5 Å². The largest absolute Gasteiger partial charge is 0.304 e. The summed E-state index contributed by atoms with van der Waals surface area (Å²) < 4.78 is 2.14. The van der Waals surface area contributed by atoms with Crippen LogP contribution in [0.2, 0.25) is 0 Å². The van der Waals surface area contributed by atoms with Crippen LogP contribution in [0.3, 0.4) is 0 Å². The zero-order valence-electron chi connectivity index (χ0n) is 34.6. The summed E-state index contributed by atoms with van der Waals surface area (Å²) in [7, 11) is 0. The van der Waals surface area contributed by atoms with Gasteiger partial charge in [-0.2, -0.15) is 23.3 Å². The minimum absolute atomic E-state index is 0. The van der Waals surface area contributed by atoms with Crippen molar-refractivity contribution >= 4 is 0 Å². The fraction of sp³-hybridized carbons (Fsp3) is 0.185. The molecule has 6 aromatic carbocycles. The quantitative estimate of drug-likeness (QED) is 0.161. The summed E-state index contributed by atoms with van der Waals surface area (Å²) in [5.74, 6) is 0. The van der Waals surface area contributed by atoms with Crippen molar-refractivity contribution in [2.24, 2.45) is 0 Å². The van der Waals surface area contributed by atoms with Gasteiger partial charge in [0.15, 0.2) is 0 Å². The second-order valence-corrected chi connectivity index (χ2v) is 16.6. The summed E-state index contributed by atoms with van der Waals surface area (Å²) in [4.78, 5) is 4.60. The molecule has 4 heteroatoms. The zero-order valence-corrected chi connectivity index (χ0v) is 37.0. The van der Waals surface area contributed by atoms with E-state index in [1.807, 2.05) is 54.9 Å². The second-order valence-electron chi connectivity index (χ2n) is 16.6. The van der Waals surface area contributed by atoms with Crippen LogP contribution in [0.25, 0.3) is 61.5 Å². The van der Waals surface area contributed by atoms with Gasteiger partial charge in [0.1, 0.15) is 0 Å². The molecule has 58 heavy (non-hydrogen) atoms. The third-order valence-corrected chi connectivity index (χ3v) is 11.9. The maximum atomic E-state index is 4.91. The van der Waals surface area contributed by atoms with Crippen LogP contribution < -0.4 is 0 Å². The molecular formula is C54H49IrN3-2. The molecule has 2 aromatic heterocycles. The monoisotopic (exact) mass is 932 g/mol. The van der Waals surface area contributed by atoms with Crippen LogP contribution in [0.4, 0.5) is 0 Å². The van der Waals surface area contributed by atoms with Gasteiger partial charge in [0.05, 0.1) is 11.9 Å². The fourth-order valence-electron chi connectivity index (χ4n) is 8.29. The molecule has 0 saturated carbocycles. The fourth-order valence-corrected chi connectivity index (χ4v) is 8.29. The van der Waals surface area contributed by atoms with Crippen LogP contribution in [0, 0.1) is 39.8 Å². The number of hydrogen-bond acceptors (Lipinski definition) is 2. The molecule has 1 aliphatic heterocycles. The predicted octanol–water partition coefficient (Wildman–Crippen LogP) is 13.7. The smallest absolute Gasteiger partial charge is 0.0575 e. The van der Waals surface area contributed by atoms with Gasteiger partial charge in [-0.25, -0.2) is 0 Å². The zero-order chi connectivity index (χ0) is 39.9. The number of rotatable bonds is 5. The van der Waals surface area contributed by atoms with E-state index in [9.17, 15) is 0 Å². The molecule has 3 heterocycles. The van der Waals surface area contributed by atoms with E-state index in [-0.39, 0.29) is 30.9 Å². The number of fused-ring (bicyclic) bond motifs is 3. The van der Waals surface area contributed by atoms with Gasteiger partial charge in [-0.05, 0) is 61.2 Å². The summed E-state index contributed by atoms with van der Waals surface area (Å²) in [5.41, 5.74) is 20.1. The number of hydrogen-bond donors (Lipinski definition) is 0. The Bertz CT molecular complexity index is 2570. The van der Waals surface area contributed by atoms with Gasteiger partial charge in [-0.1, -0.05) is 176 Å². The number of benzene rings is 6. The molecule has 0 spiro atoms. The molecule has 0 amide bonds. The maximum absolute atomic E-state index is 4.91. The Morgan fingerprint density at radius 3 is 1.59 bits per heavy atom. The van der Waals surface area contributed by atoms with Gasteiger partial charge in [-0.3, -0.25) is 4.68 Å². The molecule has 1 radical (unpaired) electrons. The van der Waals surface area contributed by atoms with E-state index in [1.165, 1.54) is 72.5 Å². The van der Waals surface area contributed by atoms with Gasteiger partial charge >= 0.3 is 0 Å². The Labute approximate surface area is 358 Å². The standard InChI is InChI=1S/C31H33N2.C23H16N.Ir/c1-19-11-20(2)14-24(13-19)23-9-10-28-27(17-23)30(5,6)31(7,8)29-26(18-32-33(28)29)25-15-21(3)12-22(4)16-25;1-3-7-18(8-4-1)20-11-13-21(14-12-20)23-16-15-22(17-24-23)19-9-5-2-6-10-19;/h9,11-18H,1-8H3;1-13,15-17H;/q2*-1;. The van der Waals surface area contributed by atoms with Gasteiger partial charge in [0, 0.05) is 37.3 Å². The number of aryl methyl sites for hydroxylation is 4. The molecule has 0 aliphatic carbocycles. The second kappa shape index (κ2) is 16.3. The van der Waals surface area contributed by atoms with Crippen LogP contribution in [0.15, 0.2) is 152 Å². The van der Waals surface area contributed by atoms with Crippen molar-refractivity contribution in [1.29, 1.82) is 0 Å². The molecule has 0 atom stereocenters. The van der Waals surface area contributed by atoms with Crippen molar-refractivity contribution in [2.45, 2.75) is 66.2 Å². The molecule has 1 aliphatic rings. The summed E-state index contributed by atoms with van der Waals surface area (Å²) in [6.45, 7) is 18.1. The normalized spacial score (nSPS) is 13.3. The SMILES string of the molecule is Cc1cc(C)cc(-c2c[c-]c3c(c2)C(C)(C)C(C)(C)c2c(-c4cc(C)cc(C)c4)cnn2-3)c1.[Ir].[c-]1cc(-c2ccccc2)ccc1-c1ccc(-c2ccccc2)cn1. The summed E-state index contributed by atoms with van der Waals surface area (Å²) in [5, 5.41) is 4.91. The van der Waals surface area contributed by atoms with E-state index in [2.05, 4.69) is 174 Å². The van der Waals surface area contributed by atoms with Gasteiger partial charge in [-0.15, -0.1) is 41.0 Å². The number of nitrogens with zero attached hydrogens (tertiary/aromatic N) is 3. The Morgan fingerprint density at radius 1 is 0.483 bits per heavy atom. The Hall–Kier alpha value is -5.67. The molecule has 9 rings (SSSR count). The van der Waals surface area contributed by atoms with E-state index in [1.54, 1.807) is 0 Å². The third-order valence-electron chi connectivity index (χ3n) is 11.9. The number of pyridine rings is 1. The van der Waals surface area contributed by atoms with Gasteiger partial charge < -0.3 is 4.98 Å². The first kappa shape index (κ1) is 40.5. The molecule has 3 nitrogen and oxygen atoms in total. The van der Waals surface area contributed by atoms with Crippen LogP contribution in [-0.4, -0.2) is 14.8 Å². The van der Waals surface area contributed by atoms with Crippen LogP contribution in [-0.2, 0) is 30.9 Å². The average molecular weight is 932 g/mol. The predicted molar refractivity (Wildman–Crippen MR) is 238 cm³/mol. The van der Waals surface area contributed by atoms with Crippen molar-refractivity contribution in [3.05, 3.63) is 198 Å². The van der Waals surface area contributed by atoms with E-state index >= 15 is 0 Å². The van der Waals surface area contributed by atoms with Crippen LogP contribution >= 0.6 is 0 Å². The minimum Gasteiger partial charge on any atom is -0.304 e. The molecule has 291 valence electrons. The molecule has 0 N–H and O–H groups in total. The molecule has 0 unspecified atom stereocenters. The Kier molecular flexibility index (Phi) is 11.4. The van der Waals surface area contributed by atoms with E-state index < -0.39 is 0 Å². The molecule has 0 fully saturated rings. The van der Waals surface area contributed by atoms with E-state index in [0.29, 0.717) is 0 Å². The van der Waals surface area contributed by atoms with Crippen molar-refractivity contribution in [2.75, 3.05) is 0 Å². The first-order valence-electron chi connectivity index (χ1n) is 19.8. The summed E-state index contributed by atoms with van der Waals surface area (Å²) >= 11 is 0. The first-order chi connectivity index (χ1) is 27.4. The molecule has 8 aromatic rings. The number of aromatic nitrogens is 3. The summed E-state index contributed by atoms with van der Waals surface area (Å²) in [6.07, 6.45) is 3.96. The van der Waals surface area contributed by atoms with Crippen molar-refractivity contribution < 1.29 is 20.1 Å². The van der Waals surface area contributed by atoms with E-state index in [4.69, 9.17) is 5.10 Å². The van der Waals surface area contributed by atoms with Gasteiger partial charge in [0.2, 0.25) is 0 Å². The van der Waals surface area contributed by atoms with Crippen LogP contribution in [0.5, 0.6) is 0 Å². The van der Waals surface area contributed by atoms with Crippen molar-refractivity contribution in [3.8, 4) is 61.5 Å². The van der Waals surface area contributed by atoms with Gasteiger partial charge in [0.25, 0.3) is 0 Å². The molecular weight excluding hydrogens is 883 g/mol. The average Bonchev–Trinajstić information content (AvgIpc) is 3.67. The Balaban J connectivity index is 0.000000182. The first-order valence-corrected chi connectivity index (χ1v) is 19.8. The Morgan fingerprint density at radius 2 is 1.03 bits per heavy atom.